The Labute approximate surface area is 163 Å². The number of aliphatic imine (C=N–C) groups is 1. The predicted octanol–water partition coefficient (Wildman–Crippen LogP) is 3.13. The van der Waals surface area contributed by atoms with E-state index >= 15 is 0 Å². The Balaban J connectivity index is 0.00000225. The number of aryl methyl sites for hydroxylation is 1. The van der Waals surface area contributed by atoms with Crippen LogP contribution in [0.2, 0.25) is 0 Å². The molecular weight excluding hydrogens is 436 g/mol. The molecule has 0 atom stereocenters. The zero-order chi connectivity index (χ0) is 16.8. The Hall–Kier alpha value is -1.71. The van der Waals surface area contributed by atoms with E-state index in [1.54, 1.807) is 12.1 Å². The van der Waals surface area contributed by atoms with Crippen LogP contribution in [0.1, 0.15) is 31.6 Å². The van der Waals surface area contributed by atoms with Crippen LogP contribution in [0.15, 0.2) is 33.8 Å². The first-order chi connectivity index (χ1) is 11.7. The molecule has 2 aromatic rings. The molecule has 1 aromatic heterocycles. The Morgan fingerprint density at radius 2 is 2.08 bits per heavy atom. The van der Waals surface area contributed by atoms with Gasteiger partial charge < -0.3 is 15.6 Å². The third-order valence-corrected chi connectivity index (χ3v) is 4.19. The van der Waals surface area contributed by atoms with E-state index in [0.717, 1.165) is 18.5 Å². The molecule has 1 aliphatic rings. The van der Waals surface area contributed by atoms with Gasteiger partial charge in [0.05, 0.1) is 0 Å². The summed E-state index contributed by atoms with van der Waals surface area (Å²) in [6, 6.07) is 6.01. The van der Waals surface area contributed by atoms with E-state index in [9.17, 15) is 4.39 Å². The highest BCUT2D eigenvalue weighted by Crippen LogP contribution is 2.26. The number of guanidine groups is 1. The van der Waals surface area contributed by atoms with Gasteiger partial charge in [-0.05, 0) is 49.4 Å². The van der Waals surface area contributed by atoms with Crippen LogP contribution >= 0.6 is 24.0 Å². The summed E-state index contributed by atoms with van der Waals surface area (Å²) in [4.78, 5) is 8.66. The highest BCUT2D eigenvalue weighted by molar-refractivity contribution is 14.0. The maximum Gasteiger partial charge on any atom is 0.227 e. The fraction of sp³-hybridized carbons (Fsp3) is 0.471. The second kappa shape index (κ2) is 9.69. The molecule has 1 heterocycles. The molecule has 0 saturated heterocycles. The molecule has 0 aliphatic heterocycles. The molecule has 25 heavy (non-hydrogen) atoms. The molecule has 1 fully saturated rings. The summed E-state index contributed by atoms with van der Waals surface area (Å²) in [6.45, 7) is 1.53. The topological polar surface area (TPSA) is 89.3 Å². The van der Waals surface area contributed by atoms with Crippen molar-refractivity contribution in [3.8, 4) is 11.4 Å². The number of nitrogens with two attached hydrogens (primary N) is 1. The fourth-order valence-corrected chi connectivity index (χ4v) is 2.49. The molecule has 0 bridgehead atoms. The number of nitrogens with zero attached hydrogens (tertiary/aromatic N) is 3. The monoisotopic (exact) mass is 459 g/mol. The third kappa shape index (κ3) is 5.94. The average molecular weight is 459 g/mol. The summed E-state index contributed by atoms with van der Waals surface area (Å²) in [5.74, 6) is 1.96. The Morgan fingerprint density at radius 3 is 2.76 bits per heavy atom. The maximum absolute atomic E-state index is 12.9. The lowest BCUT2D eigenvalue weighted by Gasteiger charge is -2.23. The number of hydrogen-bond acceptors (Lipinski definition) is 4. The normalized spacial score (nSPS) is 14.7. The van der Waals surface area contributed by atoms with Gasteiger partial charge in [0, 0.05) is 25.1 Å². The van der Waals surface area contributed by atoms with E-state index in [1.165, 1.54) is 31.4 Å². The molecule has 0 radical (unpaired) electrons. The van der Waals surface area contributed by atoms with Gasteiger partial charge in [0.15, 0.2) is 5.96 Å². The molecule has 0 spiro atoms. The summed E-state index contributed by atoms with van der Waals surface area (Å²) in [6.07, 6.45) is 5.31. The van der Waals surface area contributed by atoms with Gasteiger partial charge in [-0.25, -0.2) is 4.39 Å². The smallest absolute Gasteiger partial charge is 0.227 e. The van der Waals surface area contributed by atoms with E-state index in [0.29, 0.717) is 36.6 Å². The number of benzene rings is 1. The lowest BCUT2D eigenvalue weighted by atomic mass is 9.86. The summed E-state index contributed by atoms with van der Waals surface area (Å²) in [7, 11) is 0. The molecule has 3 rings (SSSR count). The second-order valence-corrected chi connectivity index (χ2v) is 6.07. The van der Waals surface area contributed by atoms with Crippen molar-refractivity contribution >= 4 is 29.9 Å². The Morgan fingerprint density at radius 1 is 1.32 bits per heavy atom. The molecule has 1 aliphatic carbocycles. The number of hydrogen-bond donors (Lipinski definition) is 2. The molecule has 8 heteroatoms. The predicted molar refractivity (Wildman–Crippen MR) is 105 cm³/mol. The molecule has 136 valence electrons. The number of nitrogens with one attached hydrogen (secondary N) is 1. The largest absolute Gasteiger partial charge is 0.370 e. The van der Waals surface area contributed by atoms with E-state index in [4.69, 9.17) is 10.3 Å². The number of rotatable bonds is 7. The van der Waals surface area contributed by atoms with E-state index in [-0.39, 0.29) is 29.8 Å². The lowest BCUT2D eigenvalue weighted by Crippen LogP contribution is -2.33. The van der Waals surface area contributed by atoms with E-state index in [1.807, 2.05) is 0 Å². The summed E-state index contributed by atoms with van der Waals surface area (Å²) < 4.78 is 18.1. The van der Waals surface area contributed by atoms with Crippen molar-refractivity contribution in [1.29, 1.82) is 0 Å². The van der Waals surface area contributed by atoms with Gasteiger partial charge in [-0.3, -0.25) is 4.99 Å². The van der Waals surface area contributed by atoms with Crippen LogP contribution in [0.5, 0.6) is 0 Å². The van der Waals surface area contributed by atoms with Crippen molar-refractivity contribution in [2.45, 2.75) is 32.1 Å². The minimum atomic E-state index is -0.287. The van der Waals surface area contributed by atoms with Gasteiger partial charge in [0.1, 0.15) is 5.82 Å². The molecule has 1 aromatic carbocycles. The van der Waals surface area contributed by atoms with Gasteiger partial charge in [0.2, 0.25) is 11.7 Å². The number of halogens is 2. The molecule has 0 amide bonds. The minimum absolute atomic E-state index is 0. The van der Waals surface area contributed by atoms with Crippen LogP contribution in [0.4, 0.5) is 4.39 Å². The minimum Gasteiger partial charge on any atom is -0.370 e. The quantitative estimate of drug-likeness (QED) is 0.288. The zero-order valence-corrected chi connectivity index (χ0v) is 16.3. The summed E-state index contributed by atoms with van der Waals surface area (Å²) in [5, 5.41) is 7.01. The molecular formula is C17H23FIN5O. The SMILES string of the molecule is I.NC(=NCC1CCC1)NCCCc1nc(-c2ccc(F)cc2)no1. The Bertz CT molecular complexity index is 685. The van der Waals surface area contributed by atoms with E-state index < -0.39 is 0 Å². The maximum atomic E-state index is 12.9. The van der Waals surface area contributed by atoms with Crippen molar-refractivity contribution in [2.75, 3.05) is 13.1 Å². The van der Waals surface area contributed by atoms with Gasteiger partial charge in [-0.15, -0.1) is 24.0 Å². The standard InChI is InChI=1S/C17H22FN5O.HI/c18-14-8-6-13(7-9-14)16-22-15(24-23-16)5-2-10-20-17(19)21-11-12-3-1-4-12;/h6-9,12H,1-5,10-11H2,(H3,19,20,21);1H. The van der Waals surface area contributed by atoms with Gasteiger partial charge >= 0.3 is 0 Å². The van der Waals surface area contributed by atoms with Crippen LogP contribution in [0.3, 0.4) is 0 Å². The first kappa shape index (κ1) is 19.6. The van der Waals surface area contributed by atoms with Crippen molar-refractivity contribution in [1.82, 2.24) is 15.5 Å². The van der Waals surface area contributed by atoms with Crippen molar-refractivity contribution in [3.05, 3.63) is 36.0 Å². The summed E-state index contributed by atoms with van der Waals surface area (Å²) >= 11 is 0. The second-order valence-electron chi connectivity index (χ2n) is 6.07. The van der Waals surface area contributed by atoms with Gasteiger partial charge in [0.25, 0.3) is 0 Å². The van der Waals surface area contributed by atoms with Gasteiger partial charge in [-0.1, -0.05) is 11.6 Å². The highest BCUT2D eigenvalue weighted by Gasteiger charge is 2.16. The van der Waals surface area contributed by atoms with Crippen molar-refractivity contribution < 1.29 is 8.91 Å². The van der Waals surface area contributed by atoms with Crippen LogP contribution in [0, 0.1) is 11.7 Å². The highest BCUT2D eigenvalue weighted by atomic mass is 127. The number of aromatic nitrogens is 2. The third-order valence-electron chi connectivity index (χ3n) is 4.19. The van der Waals surface area contributed by atoms with Crippen LogP contribution in [0.25, 0.3) is 11.4 Å². The van der Waals surface area contributed by atoms with Crippen molar-refractivity contribution in [2.24, 2.45) is 16.6 Å². The Kier molecular flexibility index (Phi) is 7.60. The van der Waals surface area contributed by atoms with Crippen molar-refractivity contribution in [3.63, 3.8) is 0 Å². The first-order valence-corrected chi connectivity index (χ1v) is 8.33. The van der Waals surface area contributed by atoms with Crippen LogP contribution < -0.4 is 11.1 Å². The van der Waals surface area contributed by atoms with Gasteiger partial charge in [-0.2, -0.15) is 4.98 Å². The van der Waals surface area contributed by atoms with E-state index in [2.05, 4.69) is 20.4 Å². The molecule has 3 N–H and O–H groups in total. The van der Waals surface area contributed by atoms with Crippen LogP contribution in [-0.2, 0) is 6.42 Å². The average Bonchev–Trinajstić information content (AvgIpc) is 3.00. The molecule has 1 saturated carbocycles. The summed E-state index contributed by atoms with van der Waals surface area (Å²) in [5.41, 5.74) is 6.56. The molecule has 6 nitrogen and oxygen atoms in total. The fourth-order valence-electron chi connectivity index (χ4n) is 2.49. The molecule has 0 unspecified atom stereocenters. The van der Waals surface area contributed by atoms with Crippen LogP contribution in [-0.4, -0.2) is 29.2 Å². The zero-order valence-electron chi connectivity index (χ0n) is 13.9. The lowest BCUT2D eigenvalue weighted by molar-refractivity contribution is 0.326. The first-order valence-electron chi connectivity index (χ1n) is 8.33.